The molecule has 1 aromatic heterocycles. The Labute approximate surface area is 168 Å². The maximum absolute atomic E-state index is 10.4. The number of hydrogen-bond donors (Lipinski definition) is 2. The van der Waals surface area contributed by atoms with Gasteiger partial charge in [-0.1, -0.05) is 34.2 Å². The molecule has 138 valence electrons. The summed E-state index contributed by atoms with van der Waals surface area (Å²) in [5.41, 5.74) is 2.20. The number of nitrogens with one attached hydrogen (secondary N) is 1. The Bertz CT molecular complexity index is 1110. The van der Waals surface area contributed by atoms with Crippen molar-refractivity contribution in [2.75, 3.05) is 14.2 Å². The maximum atomic E-state index is 10.4. The van der Waals surface area contributed by atoms with E-state index in [1.54, 1.807) is 25.3 Å². The standard InChI is InChI=1S/C19H15BrN2O4S/c1-24-13-5-3-4-11(15(13)23)17-21-18-12(19(27)22-17)7-9-6-10(20)8-14(25-2)16(9)26-18/h3-6,8,23H,7H2,1-2H3,(H,21,22,27). The summed E-state index contributed by atoms with van der Waals surface area (Å²) in [6.07, 6.45) is 0.563. The van der Waals surface area contributed by atoms with Gasteiger partial charge >= 0.3 is 0 Å². The average molecular weight is 447 g/mol. The zero-order chi connectivity index (χ0) is 19.1. The number of methoxy groups -OCH3 is 2. The van der Waals surface area contributed by atoms with Crippen molar-refractivity contribution >= 4 is 28.1 Å². The molecule has 1 aliphatic rings. The van der Waals surface area contributed by atoms with Gasteiger partial charge in [0.05, 0.1) is 25.3 Å². The SMILES string of the molecule is COc1cccc(-c2nc(=S)c3c([nH]2)Oc2c(cc(Br)cc2OC)C3)c1O. The molecule has 3 aromatic rings. The van der Waals surface area contributed by atoms with Gasteiger partial charge in [-0.05, 0) is 24.3 Å². The number of benzene rings is 2. The number of hydrogen-bond acceptors (Lipinski definition) is 6. The lowest BCUT2D eigenvalue weighted by Gasteiger charge is -2.22. The van der Waals surface area contributed by atoms with Crippen molar-refractivity contribution in [3.05, 3.63) is 50.6 Å². The van der Waals surface area contributed by atoms with Gasteiger partial charge in [0, 0.05) is 16.5 Å². The Morgan fingerprint density at radius 3 is 2.74 bits per heavy atom. The van der Waals surface area contributed by atoms with E-state index < -0.39 is 0 Å². The molecule has 0 unspecified atom stereocenters. The summed E-state index contributed by atoms with van der Waals surface area (Å²) in [6, 6.07) is 8.97. The van der Waals surface area contributed by atoms with Crippen LogP contribution in [-0.2, 0) is 6.42 Å². The van der Waals surface area contributed by atoms with E-state index in [0.29, 0.717) is 45.6 Å². The first-order chi connectivity index (χ1) is 13.0. The van der Waals surface area contributed by atoms with Crippen LogP contribution in [0.1, 0.15) is 11.1 Å². The molecule has 2 aromatic carbocycles. The third-order valence-corrected chi connectivity index (χ3v) is 5.13. The molecular formula is C19H15BrN2O4S. The average Bonchev–Trinajstić information content (AvgIpc) is 2.66. The van der Waals surface area contributed by atoms with Gasteiger partial charge in [0.15, 0.2) is 23.0 Å². The van der Waals surface area contributed by atoms with E-state index in [4.69, 9.17) is 26.4 Å². The van der Waals surface area contributed by atoms with E-state index in [9.17, 15) is 5.11 Å². The van der Waals surface area contributed by atoms with Crippen molar-refractivity contribution in [3.63, 3.8) is 0 Å². The van der Waals surface area contributed by atoms with E-state index in [1.165, 1.54) is 7.11 Å². The van der Waals surface area contributed by atoms with Crippen LogP contribution in [0.25, 0.3) is 11.4 Å². The highest BCUT2D eigenvalue weighted by Gasteiger charge is 2.25. The summed E-state index contributed by atoms with van der Waals surface area (Å²) < 4.78 is 18.0. The molecule has 0 amide bonds. The van der Waals surface area contributed by atoms with Gasteiger partial charge in [-0.2, -0.15) is 0 Å². The number of phenolic OH excluding ortho intramolecular Hbond substituents is 1. The molecule has 6 nitrogen and oxygen atoms in total. The number of ether oxygens (including phenoxy) is 3. The van der Waals surface area contributed by atoms with E-state index in [-0.39, 0.29) is 5.75 Å². The number of aromatic nitrogens is 2. The molecule has 4 rings (SSSR count). The van der Waals surface area contributed by atoms with Gasteiger partial charge < -0.3 is 24.3 Å². The van der Waals surface area contributed by atoms with E-state index in [1.807, 2.05) is 12.1 Å². The fourth-order valence-electron chi connectivity index (χ4n) is 3.04. The second-order valence-corrected chi connectivity index (χ2v) is 7.23. The Morgan fingerprint density at radius 1 is 1.22 bits per heavy atom. The lowest BCUT2D eigenvalue weighted by Crippen LogP contribution is -2.09. The van der Waals surface area contributed by atoms with Gasteiger partial charge in [0.1, 0.15) is 10.5 Å². The van der Waals surface area contributed by atoms with Crippen molar-refractivity contribution in [1.29, 1.82) is 0 Å². The smallest absolute Gasteiger partial charge is 0.205 e. The van der Waals surface area contributed by atoms with Crippen LogP contribution in [0.2, 0.25) is 0 Å². The van der Waals surface area contributed by atoms with E-state index >= 15 is 0 Å². The molecule has 2 N–H and O–H groups in total. The Hall–Kier alpha value is -2.58. The second-order valence-electron chi connectivity index (χ2n) is 5.93. The molecule has 0 bridgehead atoms. The molecule has 0 radical (unpaired) electrons. The van der Waals surface area contributed by atoms with Crippen molar-refractivity contribution in [2.24, 2.45) is 0 Å². The second kappa shape index (κ2) is 6.86. The van der Waals surface area contributed by atoms with Crippen LogP contribution >= 0.6 is 28.1 Å². The van der Waals surface area contributed by atoms with Gasteiger partial charge in [-0.3, -0.25) is 0 Å². The predicted molar refractivity (Wildman–Crippen MR) is 107 cm³/mol. The third-order valence-electron chi connectivity index (χ3n) is 4.34. The number of fused-ring (bicyclic) bond motifs is 2. The topological polar surface area (TPSA) is 76.6 Å². The van der Waals surface area contributed by atoms with Crippen LogP contribution < -0.4 is 14.2 Å². The summed E-state index contributed by atoms with van der Waals surface area (Å²) in [6.45, 7) is 0. The molecule has 8 heteroatoms. The van der Waals surface area contributed by atoms with Crippen LogP contribution in [0, 0.1) is 4.64 Å². The number of rotatable bonds is 3. The van der Waals surface area contributed by atoms with Crippen LogP contribution in [0.4, 0.5) is 0 Å². The minimum absolute atomic E-state index is 0.0178. The Morgan fingerprint density at radius 2 is 2.00 bits per heavy atom. The number of nitrogens with zero attached hydrogens (tertiary/aromatic N) is 1. The summed E-state index contributed by atoms with van der Waals surface area (Å²) >= 11 is 8.97. The number of phenols is 1. The highest BCUT2D eigenvalue weighted by molar-refractivity contribution is 9.10. The molecule has 2 heterocycles. The Balaban J connectivity index is 1.85. The summed E-state index contributed by atoms with van der Waals surface area (Å²) in [7, 11) is 3.08. The molecule has 0 fully saturated rings. The Kier molecular flexibility index (Phi) is 4.53. The largest absolute Gasteiger partial charge is 0.504 e. The fraction of sp³-hybridized carbons (Fsp3) is 0.158. The van der Waals surface area contributed by atoms with Crippen molar-refractivity contribution in [3.8, 4) is 40.3 Å². The minimum atomic E-state index is -0.0178. The first-order valence-electron chi connectivity index (χ1n) is 8.05. The number of aromatic hydroxyl groups is 1. The first-order valence-corrected chi connectivity index (χ1v) is 9.25. The number of H-pyrrole nitrogens is 1. The lowest BCUT2D eigenvalue weighted by molar-refractivity contribution is 0.364. The summed E-state index contributed by atoms with van der Waals surface area (Å²) in [4.78, 5) is 7.59. The summed E-state index contributed by atoms with van der Waals surface area (Å²) in [5.74, 6) is 2.47. The molecule has 0 spiro atoms. The molecule has 0 saturated heterocycles. The van der Waals surface area contributed by atoms with Crippen LogP contribution in [-0.4, -0.2) is 29.3 Å². The normalized spacial score (nSPS) is 12.0. The third kappa shape index (κ3) is 3.04. The maximum Gasteiger partial charge on any atom is 0.205 e. The molecular weight excluding hydrogens is 432 g/mol. The lowest BCUT2D eigenvalue weighted by atomic mass is 10.0. The van der Waals surface area contributed by atoms with Crippen LogP contribution in [0.3, 0.4) is 0 Å². The van der Waals surface area contributed by atoms with Crippen molar-refractivity contribution < 1.29 is 19.3 Å². The van der Waals surface area contributed by atoms with Crippen LogP contribution in [0.15, 0.2) is 34.8 Å². The van der Waals surface area contributed by atoms with E-state index in [2.05, 4.69) is 25.9 Å². The monoisotopic (exact) mass is 446 g/mol. The highest BCUT2D eigenvalue weighted by Crippen LogP contribution is 2.44. The fourth-order valence-corrected chi connectivity index (χ4v) is 3.78. The molecule has 0 atom stereocenters. The van der Waals surface area contributed by atoms with Crippen molar-refractivity contribution in [2.45, 2.75) is 6.42 Å². The van der Waals surface area contributed by atoms with Gasteiger partial charge in [-0.25, -0.2) is 4.98 Å². The number of halogens is 1. The molecule has 1 aliphatic heterocycles. The van der Waals surface area contributed by atoms with Gasteiger partial charge in [0.2, 0.25) is 5.88 Å². The van der Waals surface area contributed by atoms with Gasteiger partial charge in [0.25, 0.3) is 0 Å². The van der Waals surface area contributed by atoms with Crippen LogP contribution in [0.5, 0.6) is 28.9 Å². The van der Waals surface area contributed by atoms with E-state index in [0.717, 1.165) is 15.6 Å². The minimum Gasteiger partial charge on any atom is -0.504 e. The predicted octanol–water partition coefficient (Wildman–Crippen LogP) is 4.99. The zero-order valence-corrected chi connectivity index (χ0v) is 16.9. The summed E-state index contributed by atoms with van der Waals surface area (Å²) in [5, 5.41) is 10.4. The van der Waals surface area contributed by atoms with Crippen molar-refractivity contribution in [1.82, 2.24) is 9.97 Å². The first kappa shape index (κ1) is 17.8. The van der Waals surface area contributed by atoms with Gasteiger partial charge in [-0.15, -0.1) is 0 Å². The molecule has 0 aliphatic carbocycles. The number of aromatic amines is 1. The molecule has 0 saturated carbocycles. The quantitative estimate of drug-likeness (QED) is 0.431. The number of para-hydroxylation sites is 1. The highest BCUT2D eigenvalue weighted by atomic mass is 79.9. The zero-order valence-electron chi connectivity index (χ0n) is 14.5. The molecule has 27 heavy (non-hydrogen) atoms.